The Morgan fingerprint density at radius 1 is 1.63 bits per heavy atom. The fourth-order valence-corrected chi connectivity index (χ4v) is 3.21. The Balaban J connectivity index is 1.73. The van der Waals surface area contributed by atoms with Gasteiger partial charge >= 0.3 is 0 Å². The van der Waals surface area contributed by atoms with Crippen molar-refractivity contribution in [3.8, 4) is 0 Å². The first-order chi connectivity index (χ1) is 9.20. The van der Waals surface area contributed by atoms with E-state index in [1.807, 2.05) is 4.90 Å². The van der Waals surface area contributed by atoms with Crippen LogP contribution in [0.4, 0.5) is 0 Å². The molecule has 1 amide bonds. The summed E-state index contributed by atoms with van der Waals surface area (Å²) >= 11 is 1.79. The minimum Gasteiger partial charge on any atom is -0.396 e. The molecule has 2 N–H and O–H groups in total. The van der Waals surface area contributed by atoms with Crippen LogP contribution in [0.1, 0.15) is 23.8 Å². The van der Waals surface area contributed by atoms with E-state index in [0.717, 1.165) is 32.5 Å². The van der Waals surface area contributed by atoms with Crippen LogP contribution < -0.4 is 5.32 Å². The second-order valence-corrected chi connectivity index (χ2v) is 6.18. The second kappa shape index (κ2) is 7.03. The van der Waals surface area contributed by atoms with E-state index in [9.17, 15) is 4.79 Å². The van der Waals surface area contributed by atoms with E-state index in [1.54, 1.807) is 11.3 Å². The van der Waals surface area contributed by atoms with Gasteiger partial charge in [-0.05, 0) is 42.3 Å². The lowest BCUT2D eigenvalue weighted by molar-refractivity contribution is -0.131. The van der Waals surface area contributed by atoms with E-state index in [-0.39, 0.29) is 12.5 Å². The van der Waals surface area contributed by atoms with Crippen LogP contribution >= 0.6 is 11.3 Å². The van der Waals surface area contributed by atoms with Gasteiger partial charge in [-0.3, -0.25) is 4.79 Å². The van der Waals surface area contributed by atoms with Gasteiger partial charge in [0, 0.05) is 24.6 Å². The highest BCUT2D eigenvalue weighted by atomic mass is 32.1. The third kappa shape index (κ3) is 4.03. The summed E-state index contributed by atoms with van der Waals surface area (Å²) in [5, 5.41) is 14.1. The molecule has 19 heavy (non-hydrogen) atoms. The summed E-state index contributed by atoms with van der Waals surface area (Å²) in [4.78, 5) is 15.4. The molecule has 0 radical (unpaired) electrons. The quantitative estimate of drug-likeness (QED) is 0.825. The number of nitrogens with zero attached hydrogens (tertiary/aromatic N) is 1. The van der Waals surface area contributed by atoms with E-state index >= 15 is 0 Å². The number of nitrogens with one attached hydrogen (secondary N) is 1. The topological polar surface area (TPSA) is 52.6 Å². The molecule has 2 rings (SSSR count). The van der Waals surface area contributed by atoms with Crippen LogP contribution in [0.15, 0.2) is 11.4 Å². The molecule has 0 aliphatic carbocycles. The maximum atomic E-state index is 12.1. The molecule has 1 aliphatic rings. The van der Waals surface area contributed by atoms with Crippen LogP contribution in [0.5, 0.6) is 0 Å². The van der Waals surface area contributed by atoms with Crippen LogP contribution in [0.2, 0.25) is 0 Å². The molecule has 1 atom stereocenters. The van der Waals surface area contributed by atoms with Crippen LogP contribution in [-0.2, 0) is 17.8 Å². The first-order valence-corrected chi connectivity index (χ1v) is 7.73. The van der Waals surface area contributed by atoms with Crippen LogP contribution in [0.3, 0.4) is 0 Å². The summed E-state index contributed by atoms with van der Waals surface area (Å²) in [5.74, 6) is 0.579. The molecule has 0 spiro atoms. The number of fused-ring (bicyclic) bond motifs is 1. The van der Waals surface area contributed by atoms with Crippen molar-refractivity contribution in [1.82, 2.24) is 10.2 Å². The highest BCUT2D eigenvalue weighted by Crippen LogP contribution is 2.23. The average molecular weight is 282 g/mol. The number of aliphatic hydroxyl groups is 1. The SMILES string of the molecule is CC(CCO)CNCC(=O)N1CCc2sccc2C1. The smallest absolute Gasteiger partial charge is 0.236 e. The molecule has 0 aromatic carbocycles. The van der Waals surface area contributed by atoms with Gasteiger partial charge in [0.1, 0.15) is 0 Å². The Labute approximate surface area is 118 Å². The highest BCUT2D eigenvalue weighted by Gasteiger charge is 2.20. The van der Waals surface area contributed by atoms with Gasteiger partial charge in [0.05, 0.1) is 6.54 Å². The summed E-state index contributed by atoms with van der Waals surface area (Å²) in [6.45, 7) is 5.06. The lowest BCUT2D eigenvalue weighted by Crippen LogP contribution is -2.41. The van der Waals surface area contributed by atoms with Gasteiger partial charge < -0.3 is 15.3 Å². The lowest BCUT2D eigenvalue weighted by Gasteiger charge is -2.27. The molecule has 0 fully saturated rings. The lowest BCUT2D eigenvalue weighted by atomic mass is 10.1. The number of hydrogen-bond acceptors (Lipinski definition) is 4. The molecule has 1 aliphatic heterocycles. The van der Waals surface area contributed by atoms with Crippen LogP contribution in [-0.4, -0.2) is 42.2 Å². The molecule has 1 aromatic rings. The maximum absolute atomic E-state index is 12.1. The predicted octanol–water partition coefficient (Wildman–Crippen LogP) is 1.24. The first-order valence-electron chi connectivity index (χ1n) is 6.85. The Morgan fingerprint density at radius 3 is 3.26 bits per heavy atom. The monoisotopic (exact) mass is 282 g/mol. The summed E-state index contributed by atoms with van der Waals surface area (Å²) in [7, 11) is 0. The van der Waals surface area contributed by atoms with Gasteiger partial charge in [0.2, 0.25) is 5.91 Å². The van der Waals surface area contributed by atoms with E-state index in [2.05, 4.69) is 23.7 Å². The van der Waals surface area contributed by atoms with Crippen LogP contribution in [0, 0.1) is 5.92 Å². The highest BCUT2D eigenvalue weighted by molar-refractivity contribution is 7.10. The molecule has 2 heterocycles. The summed E-state index contributed by atoms with van der Waals surface area (Å²) in [6.07, 6.45) is 1.77. The Hall–Kier alpha value is -0.910. The number of hydrogen-bond donors (Lipinski definition) is 2. The largest absolute Gasteiger partial charge is 0.396 e. The summed E-state index contributed by atoms with van der Waals surface area (Å²) in [5.41, 5.74) is 1.30. The average Bonchev–Trinajstić information content (AvgIpc) is 2.86. The molecule has 106 valence electrons. The number of carbonyl (C=O) groups excluding carboxylic acids is 1. The molecule has 0 bridgehead atoms. The van der Waals surface area contributed by atoms with Crippen molar-refractivity contribution in [2.24, 2.45) is 5.92 Å². The third-order valence-electron chi connectivity index (χ3n) is 3.55. The number of thiophene rings is 1. The first kappa shape index (κ1) is 14.5. The van der Waals surface area contributed by atoms with Crippen molar-refractivity contribution in [2.75, 3.05) is 26.2 Å². The molecular weight excluding hydrogens is 260 g/mol. The third-order valence-corrected chi connectivity index (χ3v) is 4.57. The molecular formula is C14H22N2O2S. The zero-order chi connectivity index (χ0) is 13.7. The van der Waals surface area contributed by atoms with Gasteiger partial charge in [-0.15, -0.1) is 11.3 Å². The van der Waals surface area contributed by atoms with Gasteiger partial charge in [-0.1, -0.05) is 6.92 Å². The van der Waals surface area contributed by atoms with Gasteiger partial charge in [0.15, 0.2) is 0 Å². The van der Waals surface area contributed by atoms with Crippen LogP contribution in [0.25, 0.3) is 0 Å². The van der Waals surface area contributed by atoms with Crippen molar-refractivity contribution in [3.05, 3.63) is 21.9 Å². The molecule has 0 saturated carbocycles. The minimum absolute atomic E-state index is 0.174. The number of rotatable bonds is 6. The Bertz CT molecular complexity index is 419. The van der Waals surface area contributed by atoms with Crippen molar-refractivity contribution in [3.63, 3.8) is 0 Å². The molecule has 1 unspecified atom stereocenters. The van der Waals surface area contributed by atoms with Crippen molar-refractivity contribution >= 4 is 17.2 Å². The fraction of sp³-hybridized carbons (Fsp3) is 0.643. The van der Waals surface area contributed by atoms with E-state index in [4.69, 9.17) is 5.11 Å². The molecule has 4 nitrogen and oxygen atoms in total. The Morgan fingerprint density at radius 2 is 2.47 bits per heavy atom. The van der Waals surface area contributed by atoms with Gasteiger partial charge in [0.25, 0.3) is 0 Å². The minimum atomic E-state index is 0.174. The van der Waals surface area contributed by atoms with Crippen molar-refractivity contribution < 1.29 is 9.90 Å². The van der Waals surface area contributed by atoms with E-state index in [1.165, 1.54) is 10.4 Å². The van der Waals surface area contributed by atoms with E-state index in [0.29, 0.717) is 12.5 Å². The maximum Gasteiger partial charge on any atom is 0.236 e. The summed E-state index contributed by atoms with van der Waals surface area (Å²) < 4.78 is 0. The Kier molecular flexibility index (Phi) is 5.36. The number of carbonyl (C=O) groups is 1. The predicted molar refractivity (Wildman–Crippen MR) is 77.2 cm³/mol. The standard InChI is InChI=1S/C14H22N2O2S/c1-11(3-6-17)8-15-9-14(18)16-5-2-13-12(10-16)4-7-19-13/h4,7,11,15,17H,2-3,5-6,8-10H2,1H3. The fourth-order valence-electron chi connectivity index (χ4n) is 2.32. The second-order valence-electron chi connectivity index (χ2n) is 5.18. The van der Waals surface area contributed by atoms with Crippen molar-refractivity contribution in [1.29, 1.82) is 0 Å². The normalized spacial score (nSPS) is 16.2. The molecule has 1 aromatic heterocycles. The number of amides is 1. The summed E-state index contributed by atoms with van der Waals surface area (Å²) in [6, 6.07) is 2.12. The number of aliphatic hydroxyl groups excluding tert-OH is 1. The zero-order valence-electron chi connectivity index (χ0n) is 11.4. The molecule has 5 heteroatoms. The zero-order valence-corrected chi connectivity index (χ0v) is 12.2. The van der Waals surface area contributed by atoms with Gasteiger partial charge in [-0.2, -0.15) is 0 Å². The van der Waals surface area contributed by atoms with Crippen molar-refractivity contribution in [2.45, 2.75) is 26.3 Å². The van der Waals surface area contributed by atoms with Gasteiger partial charge in [-0.25, -0.2) is 0 Å². The van der Waals surface area contributed by atoms with E-state index < -0.39 is 0 Å². The molecule has 0 saturated heterocycles.